The predicted octanol–water partition coefficient (Wildman–Crippen LogP) is 2.20. The van der Waals surface area contributed by atoms with Crippen molar-refractivity contribution in [2.45, 2.75) is 27.2 Å². The van der Waals surface area contributed by atoms with E-state index in [1.54, 1.807) is 19.9 Å². The van der Waals surface area contributed by atoms with E-state index in [1.807, 2.05) is 6.92 Å². The minimum Gasteiger partial charge on any atom is -0.466 e. The van der Waals surface area contributed by atoms with Gasteiger partial charge in [0.25, 0.3) is 0 Å². The number of nitrogens with two attached hydrogens (primary N) is 1. The molecule has 0 aliphatic carbocycles. The summed E-state index contributed by atoms with van der Waals surface area (Å²) >= 11 is 0. The van der Waals surface area contributed by atoms with Crippen molar-refractivity contribution in [3.63, 3.8) is 0 Å². The molecule has 1 unspecified atom stereocenters. The minimum atomic E-state index is -0.811. The second-order valence-electron chi connectivity index (χ2n) is 4.73. The van der Waals surface area contributed by atoms with Gasteiger partial charge in [-0.15, -0.1) is 0 Å². The second-order valence-corrected chi connectivity index (χ2v) is 4.73. The van der Waals surface area contributed by atoms with Gasteiger partial charge < -0.3 is 10.5 Å². The smallest absolute Gasteiger partial charge is 0.313 e. The van der Waals surface area contributed by atoms with Gasteiger partial charge in [-0.05, 0) is 50.5 Å². The molecule has 0 heterocycles. The quantitative estimate of drug-likeness (QED) is 0.818. The molecule has 1 aromatic rings. The molecular formula is C14H20FNO2. The van der Waals surface area contributed by atoms with Crippen LogP contribution in [0.25, 0.3) is 0 Å². The van der Waals surface area contributed by atoms with Gasteiger partial charge >= 0.3 is 5.97 Å². The molecule has 18 heavy (non-hydrogen) atoms. The number of esters is 1. The van der Waals surface area contributed by atoms with Gasteiger partial charge in [0.1, 0.15) is 5.82 Å². The molecule has 0 saturated heterocycles. The van der Waals surface area contributed by atoms with Gasteiger partial charge in [0.15, 0.2) is 0 Å². The number of carbonyl (C=O) groups excluding carboxylic acids is 1. The third kappa shape index (κ3) is 3.29. The van der Waals surface area contributed by atoms with Gasteiger partial charge in [-0.1, -0.05) is 6.07 Å². The molecule has 3 nitrogen and oxygen atoms in total. The molecule has 0 bridgehead atoms. The zero-order valence-corrected chi connectivity index (χ0v) is 11.1. The Bertz CT molecular complexity index is 434. The fraction of sp³-hybridized carbons (Fsp3) is 0.500. The Labute approximate surface area is 107 Å². The molecule has 0 aliphatic rings. The molecule has 1 rings (SSSR count). The molecule has 2 N–H and O–H groups in total. The summed E-state index contributed by atoms with van der Waals surface area (Å²) in [6.07, 6.45) is 0.381. The van der Waals surface area contributed by atoms with Gasteiger partial charge in [-0.25, -0.2) is 4.39 Å². The highest BCUT2D eigenvalue weighted by molar-refractivity contribution is 5.77. The highest BCUT2D eigenvalue weighted by Gasteiger charge is 2.34. The summed E-state index contributed by atoms with van der Waals surface area (Å²) in [5, 5.41) is 0. The van der Waals surface area contributed by atoms with Crippen LogP contribution in [-0.2, 0) is 16.0 Å². The van der Waals surface area contributed by atoms with Gasteiger partial charge in [-0.2, -0.15) is 0 Å². The summed E-state index contributed by atoms with van der Waals surface area (Å²) in [6.45, 7) is 5.87. The number of benzene rings is 1. The maximum atomic E-state index is 13.2. The lowest BCUT2D eigenvalue weighted by molar-refractivity contribution is -0.153. The van der Waals surface area contributed by atoms with Crippen LogP contribution in [-0.4, -0.2) is 19.1 Å². The predicted molar refractivity (Wildman–Crippen MR) is 68.6 cm³/mol. The average molecular weight is 253 g/mol. The van der Waals surface area contributed by atoms with E-state index in [2.05, 4.69) is 0 Å². The van der Waals surface area contributed by atoms with Gasteiger partial charge in [0, 0.05) is 6.54 Å². The normalized spacial score (nSPS) is 14.1. The van der Waals surface area contributed by atoms with Crippen molar-refractivity contribution in [1.29, 1.82) is 0 Å². The Morgan fingerprint density at radius 3 is 2.72 bits per heavy atom. The van der Waals surface area contributed by atoms with Crippen LogP contribution in [0.15, 0.2) is 18.2 Å². The molecule has 1 aromatic carbocycles. The number of aryl methyl sites for hydroxylation is 1. The summed E-state index contributed by atoms with van der Waals surface area (Å²) in [7, 11) is 0. The van der Waals surface area contributed by atoms with Gasteiger partial charge in [-0.3, -0.25) is 4.79 Å². The number of hydrogen-bond donors (Lipinski definition) is 1. The molecule has 0 saturated carbocycles. The number of ether oxygens (including phenoxy) is 1. The Kier molecular flexibility index (Phi) is 4.84. The van der Waals surface area contributed by atoms with Crippen molar-refractivity contribution in [2.75, 3.05) is 13.2 Å². The molecule has 0 spiro atoms. The first-order chi connectivity index (χ1) is 8.42. The third-order valence-corrected chi connectivity index (χ3v) is 3.11. The van der Waals surface area contributed by atoms with Crippen molar-refractivity contribution in [2.24, 2.45) is 11.1 Å². The standard InChI is InChI=1S/C14H20FNO2/c1-4-18-13(17)14(3,9-16)8-11-7-12(15)6-5-10(11)2/h5-7H,4,8-9,16H2,1-3H3. The Morgan fingerprint density at radius 1 is 1.50 bits per heavy atom. The molecule has 0 radical (unpaired) electrons. The average Bonchev–Trinajstić information content (AvgIpc) is 2.34. The highest BCUT2D eigenvalue weighted by Crippen LogP contribution is 2.25. The van der Waals surface area contributed by atoms with E-state index in [-0.39, 0.29) is 18.3 Å². The maximum Gasteiger partial charge on any atom is 0.313 e. The van der Waals surface area contributed by atoms with E-state index >= 15 is 0 Å². The van der Waals surface area contributed by atoms with Crippen LogP contribution in [0.5, 0.6) is 0 Å². The van der Waals surface area contributed by atoms with Crippen molar-refractivity contribution < 1.29 is 13.9 Å². The molecule has 1 atom stereocenters. The first-order valence-electron chi connectivity index (χ1n) is 6.05. The summed E-state index contributed by atoms with van der Waals surface area (Å²) in [5.41, 5.74) is 6.60. The van der Waals surface area contributed by atoms with Crippen LogP contribution in [0.2, 0.25) is 0 Å². The SMILES string of the molecule is CCOC(=O)C(C)(CN)Cc1cc(F)ccc1C. The Balaban J connectivity index is 2.97. The molecule has 0 aliphatic heterocycles. The summed E-state index contributed by atoms with van der Waals surface area (Å²) in [4.78, 5) is 11.9. The topological polar surface area (TPSA) is 52.3 Å². The van der Waals surface area contributed by atoms with E-state index < -0.39 is 5.41 Å². The van der Waals surface area contributed by atoms with Gasteiger partial charge in [0.05, 0.1) is 12.0 Å². The molecule has 100 valence electrons. The lowest BCUT2D eigenvalue weighted by Crippen LogP contribution is -2.39. The third-order valence-electron chi connectivity index (χ3n) is 3.11. The zero-order valence-electron chi connectivity index (χ0n) is 11.1. The Morgan fingerprint density at radius 2 is 2.17 bits per heavy atom. The first-order valence-corrected chi connectivity index (χ1v) is 6.05. The minimum absolute atomic E-state index is 0.168. The van der Waals surface area contributed by atoms with Crippen LogP contribution in [0.1, 0.15) is 25.0 Å². The number of rotatable bonds is 5. The fourth-order valence-corrected chi connectivity index (χ4v) is 1.78. The van der Waals surface area contributed by atoms with Crippen molar-refractivity contribution >= 4 is 5.97 Å². The molecule has 0 amide bonds. The summed E-state index contributed by atoms with van der Waals surface area (Å²) in [6, 6.07) is 4.55. The summed E-state index contributed by atoms with van der Waals surface area (Å²) < 4.78 is 18.3. The van der Waals surface area contributed by atoms with E-state index in [9.17, 15) is 9.18 Å². The molecule has 4 heteroatoms. The van der Waals surface area contributed by atoms with Crippen LogP contribution in [0, 0.1) is 18.2 Å². The number of carbonyl (C=O) groups is 1. The van der Waals surface area contributed by atoms with E-state index in [4.69, 9.17) is 10.5 Å². The zero-order chi connectivity index (χ0) is 13.8. The fourth-order valence-electron chi connectivity index (χ4n) is 1.78. The largest absolute Gasteiger partial charge is 0.466 e. The monoisotopic (exact) mass is 253 g/mol. The maximum absolute atomic E-state index is 13.2. The number of halogens is 1. The van der Waals surface area contributed by atoms with Gasteiger partial charge in [0.2, 0.25) is 0 Å². The number of hydrogen-bond acceptors (Lipinski definition) is 3. The van der Waals surface area contributed by atoms with Crippen LogP contribution < -0.4 is 5.73 Å². The van der Waals surface area contributed by atoms with Crippen LogP contribution in [0.3, 0.4) is 0 Å². The van der Waals surface area contributed by atoms with Crippen LogP contribution >= 0.6 is 0 Å². The highest BCUT2D eigenvalue weighted by atomic mass is 19.1. The second kappa shape index (κ2) is 5.96. The van der Waals surface area contributed by atoms with E-state index in [0.717, 1.165) is 11.1 Å². The molecule has 0 fully saturated rings. The Hall–Kier alpha value is -1.42. The first kappa shape index (κ1) is 14.6. The molecule has 0 aromatic heterocycles. The van der Waals surface area contributed by atoms with E-state index in [1.165, 1.54) is 12.1 Å². The van der Waals surface area contributed by atoms with E-state index in [0.29, 0.717) is 13.0 Å². The van der Waals surface area contributed by atoms with Crippen molar-refractivity contribution in [1.82, 2.24) is 0 Å². The lowest BCUT2D eigenvalue weighted by atomic mass is 9.82. The van der Waals surface area contributed by atoms with Crippen molar-refractivity contribution in [3.8, 4) is 0 Å². The molecular weight excluding hydrogens is 233 g/mol. The lowest BCUT2D eigenvalue weighted by Gasteiger charge is -2.26. The van der Waals surface area contributed by atoms with Crippen LogP contribution in [0.4, 0.5) is 4.39 Å². The van der Waals surface area contributed by atoms with Crippen molar-refractivity contribution in [3.05, 3.63) is 35.1 Å². The summed E-state index contributed by atoms with van der Waals surface area (Å²) in [5.74, 6) is -0.644.